The fourth-order valence-corrected chi connectivity index (χ4v) is 4.43. The molecule has 0 bridgehead atoms. The molecule has 11 heteroatoms. The number of aromatic nitrogens is 2. The number of imidazole rings is 1. The van der Waals surface area contributed by atoms with Gasteiger partial charge in [0.2, 0.25) is 5.62 Å². The first-order valence-electron chi connectivity index (χ1n) is 11.6. The summed E-state index contributed by atoms with van der Waals surface area (Å²) >= 11 is 0. The van der Waals surface area contributed by atoms with Crippen LogP contribution in [0.25, 0.3) is 11.0 Å². The summed E-state index contributed by atoms with van der Waals surface area (Å²) in [4.78, 5) is 34.4. The highest BCUT2D eigenvalue weighted by Gasteiger charge is 2.43. The zero-order chi connectivity index (χ0) is 25.4. The highest BCUT2D eigenvalue weighted by Crippen LogP contribution is 2.47. The first-order chi connectivity index (χ1) is 17.3. The Morgan fingerprint density at radius 3 is 2.78 bits per heavy atom. The molecule has 1 aromatic heterocycles. The smallest absolute Gasteiger partial charge is 0.280 e. The number of morpholine rings is 1. The van der Waals surface area contributed by atoms with Crippen LogP contribution in [0.1, 0.15) is 35.2 Å². The van der Waals surface area contributed by atoms with Crippen LogP contribution < -0.4 is 15.3 Å². The number of carbonyl (C=O) groups excluding carboxylic acids is 2. The summed E-state index contributed by atoms with van der Waals surface area (Å²) in [6.07, 6.45) is -1.06. The van der Waals surface area contributed by atoms with E-state index in [-0.39, 0.29) is 41.3 Å². The zero-order valence-electron chi connectivity index (χ0n) is 19.7. The van der Waals surface area contributed by atoms with Gasteiger partial charge in [0.1, 0.15) is 12.4 Å². The maximum atomic E-state index is 13.1. The number of H-pyrrole nitrogens is 1. The van der Waals surface area contributed by atoms with Crippen LogP contribution in [0.2, 0.25) is 0 Å². The molecule has 1 saturated heterocycles. The number of carbonyl (C=O) groups is 2. The first kappa shape index (κ1) is 24.1. The number of amides is 2. The standard InChI is InChI=1S/C25H26F2N4O5/c1-35-20-11-18-17(10-19(20)30-7-8-36-12-21(30)33)28-24(31(18)13-25(14-32)5-6-25)29-23(34)16-4-2-3-15(9-16)22(26)27/h2-4,9-11,22,32H,5-8,12-14H2,1H3,(H,28,29,34). The number of fused-ring (bicyclic) bond motifs is 1. The Labute approximate surface area is 205 Å². The number of aliphatic hydroxyl groups is 1. The van der Waals surface area contributed by atoms with Gasteiger partial charge in [0.15, 0.2) is 0 Å². The Balaban J connectivity index is 1.64. The molecule has 5 rings (SSSR count). The Kier molecular flexibility index (Phi) is 6.35. The van der Waals surface area contributed by atoms with Gasteiger partial charge in [-0.05, 0) is 31.0 Å². The van der Waals surface area contributed by atoms with E-state index in [0.717, 1.165) is 18.9 Å². The third-order valence-electron chi connectivity index (χ3n) is 6.75. The molecule has 0 unspecified atom stereocenters. The lowest BCUT2D eigenvalue weighted by molar-refractivity contribution is -0.125. The van der Waals surface area contributed by atoms with Crippen LogP contribution in [0.15, 0.2) is 41.4 Å². The highest BCUT2D eigenvalue weighted by atomic mass is 19.3. The van der Waals surface area contributed by atoms with E-state index in [9.17, 15) is 23.5 Å². The van der Waals surface area contributed by atoms with Gasteiger partial charge in [-0.2, -0.15) is 4.99 Å². The van der Waals surface area contributed by atoms with Crippen LogP contribution >= 0.6 is 0 Å². The second kappa shape index (κ2) is 9.47. The molecule has 2 aromatic carbocycles. The van der Waals surface area contributed by atoms with Gasteiger partial charge in [0, 0.05) is 35.7 Å². The average molecular weight is 501 g/mol. The summed E-state index contributed by atoms with van der Waals surface area (Å²) in [5, 5.41) is 9.93. The van der Waals surface area contributed by atoms with Crippen molar-refractivity contribution in [3.8, 4) is 5.75 Å². The Hall–Kier alpha value is -3.57. The van der Waals surface area contributed by atoms with E-state index in [0.29, 0.717) is 42.2 Å². The number of hydrogen-bond acceptors (Lipinski definition) is 5. The monoisotopic (exact) mass is 500 g/mol. The number of nitrogens with one attached hydrogen (secondary N) is 1. The van der Waals surface area contributed by atoms with Crippen molar-refractivity contribution in [1.82, 2.24) is 9.55 Å². The molecule has 0 radical (unpaired) electrons. The molecular formula is C25H26F2N4O5. The minimum Gasteiger partial charge on any atom is -0.494 e. The number of nitrogens with zero attached hydrogens (tertiary/aromatic N) is 3. The molecule has 2 heterocycles. The van der Waals surface area contributed by atoms with Crippen molar-refractivity contribution in [2.45, 2.75) is 25.8 Å². The molecule has 1 saturated carbocycles. The Morgan fingerprint density at radius 2 is 2.11 bits per heavy atom. The summed E-state index contributed by atoms with van der Waals surface area (Å²) in [6.45, 7) is 1.10. The van der Waals surface area contributed by atoms with Gasteiger partial charge >= 0.3 is 0 Å². The number of benzene rings is 2. The van der Waals surface area contributed by atoms with Crippen molar-refractivity contribution >= 4 is 28.5 Å². The lowest BCUT2D eigenvalue weighted by Gasteiger charge is -2.28. The van der Waals surface area contributed by atoms with E-state index >= 15 is 0 Å². The normalized spacial score (nSPS) is 17.8. The minimum atomic E-state index is -2.70. The van der Waals surface area contributed by atoms with E-state index < -0.39 is 12.3 Å². The maximum absolute atomic E-state index is 13.1. The number of aliphatic hydroxyl groups excluding tert-OH is 1. The largest absolute Gasteiger partial charge is 0.494 e. The van der Waals surface area contributed by atoms with Gasteiger partial charge in [0.05, 0.1) is 37.0 Å². The molecule has 0 spiro atoms. The quantitative estimate of drug-likeness (QED) is 0.519. The summed E-state index contributed by atoms with van der Waals surface area (Å²) in [5.41, 5.74) is 1.49. The molecule has 190 valence electrons. The molecule has 36 heavy (non-hydrogen) atoms. The highest BCUT2D eigenvalue weighted by molar-refractivity contribution is 5.99. The molecule has 9 nitrogen and oxygen atoms in total. The number of hydrogen-bond donors (Lipinski definition) is 2. The molecular weight excluding hydrogens is 474 g/mol. The van der Waals surface area contributed by atoms with Crippen molar-refractivity contribution in [3.05, 3.63) is 53.1 Å². The molecule has 1 aliphatic heterocycles. The van der Waals surface area contributed by atoms with Crippen LogP contribution in [0.4, 0.5) is 14.5 Å². The molecule has 0 atom stereocenters. The Bertz CT molecular complexity index is 1390. The molecule has 1 aliphatic carbocycles. The fourth-order valence-electron chi connectivity index (χ4n) is 4.43. The number of methoxy groups -OCH3 is 1. The number of ether oxygens (including phenoxy) is 2. The number of halogens is 2. The molecule has 2 amide bonds. The predicted octanol–water partition coefficient (Wildman–Crippen LogP) is 2.79. The van der Waals surface area contributed by atoms with Crippen LogP contribution in [0.5, 0.6) is 5.75 Å². The number of rotatable bonds is 7. The average Bonchev–Trinajstić information content (AvgIpc) is 3.60. The van der Waals surface area contributed by atoms with Crippen LogP contribution in [-0.4, -0.2) is 59.9 Å². The molecule has 2 aliphatic rings. The van der Waals surface area contributed by atoms with Gasteiger partial charge in [-0.25, -0.2) is 8.78 Å². The summed E-state index contributed by atoms with van der Waals surface area (Å²) in [7, 11) is 1.51. The fraction of sp³-hybridized carbons (Fsp3) is 0.400. The van der Waals surface area contributed by atoms with Crippen LogP contribution in [0, 0.1) is 5.41 Å². The van der Waals surface area contributed by atoms with Crippen molar-refractivity contribution < 1.29 is 33.0 Å². The SMILES string of the molecule is COc1cc2c(cc1N1CCOCC1=O)[nH]/c(=N\C(=O)c1cccc(C(F)F)c1)n2CC1(CO)CC1. The first-order valence-corrected chi connectivity index (χ1v) is 11.6. The second-order valence-electron chi connectivity index (χ2n) is 9.18. The number of aromatic amines is 1. The maximum Gasteiger partial charge on any atom is 0.280 e. The summed E-state index contributed by atoms with van der Waals surface area (Å²) < 4.78 is 38.9. The summed E-state index contributed by atoms with van der Waals surface area (Å²) in [6, 6.07) is 8.73. The van der Waals surface area contributed by atoms with Crippen LogP contribution in [0.3, 0.4) is 0 Å². The van der Waals surface area contributed by atoms with E-state index in [1.807, 2.05) is 0 Å². The topological polar surface area (TPSA) is 109 Å². The number of anilines is 1. The molecule has 2 N–H and O–H groups in total. The van der Waals surface area contributed by atoms with Crippen molar-refractivity contribution in [3.63, 3.8) is 0 Å². The van der Waals surface area contributed by atoms with E-state index in [1.54, 1.807) is 21.6 Å². The third kappa shape index (κ3) is 4.51. The van der Waals surface area contributed by atoms with Gasteiger partial charge in [-0.1, -0.05) is 12.1 Å². The Morgan fingerprint density at radius 1 is 1.31 bits per heavy atom. The second-order valence-corrected chi connectivity index (χ2v) is 9.18. The third-order valence-corrected chi connectivity index (χ3v) is 6.75. The summed E-state index contributed by atoms with van der Waals surface area (Å²) in [5.74, 6) is -0.418. The van der Waals surface area contributed by atoms with Crippen molar-refractivity contribution in [2.75, 3.05) is 38.4 Å². The predicted molar refractivity (Wildman–Crippen MR) is 126 cm³/mol. The van der Waals surface area contributed by atoms with Gasteiger partial charge in [-0.15, -0.1) is 0 Å². The zero-order valence-corrected chi connectivity index (χ0v) is 19.7. The van der Waals surface area contributed by atoms with E-state index in [4.69, 9.17) is 9.47 Å². The van der Waals surface area contributed by atoms with Crippen molar-refractivity contribution in [1.29, 1.82) is 0 Å². The van der Waals surface area contributed by atoms with Crippen LogP contribution in [-0.2, 0) is 16.1 Å². The van der Waals surface area contributed by atoms with Gasteiger partial charge in [0.25, 0.3) is 18.2 Å². The lowest BCUT2D eigenvalue weighted by Crippen LogP contribution is -2.41. The van der Waals surface area contributed by atoms with Crippen molar-refractivity contribution in [2.24, 2.45) is 10.4 Å². The molecule has 2 fully saturated rings. The minimum absolute atomic E-state index is 0.0198. The lowest BCUT2D eigenvalue weighted by atomic mass is 10.1. The van der Waals surface area contributed by atoms with E-state index in [1.165, 1.54) is 25.3 Å². The molecule has 3 aromatic rings. The van der Waals surface area contributed by atoms with E-state index in [2.05, 4.69) is 9.98 Å². The van der Waals surface area contributed by atoms with Gasteiger partial charge in [-0.3, -0.25) is 9.59 Å². The number of alkyl halides is 2. The van der Waals surface area contributed by atoms with Gasteiger partial charge < -0.3 is 29.0 Å².